The summed E-state index contributed by atoms with van der Waals surface area (Å²) in [6.45, 7) is 4.56. The average molecular weight is 432 g/mol. The van der Waals surface area contributed by atoms with Gasteiger partial charge in [0.2, 0.25) is 0 Å². The van der Waals surface area contributed by atoms with Gasteiger partial charge in [-0.15, -0.1) is 0 Å². The Hall–Kier alpha value is -1.56. The van der Waals surface area contributed by atoms with Gasteiger partial charge in [-0.1, -0.05) is 12.1 Å². The Balaban J connectivity index is 1.39. The molecular formula is C22H28BrN2O2+. The molecule has 0 spiro atoms. The SMILES string of the molecule is COc1ccc([C@@H]2C[C@H]2N2CC[N+](C)(c3ccc(Br)c(OC)c3)CC2)cc1. The summed E-state index contributed by atoms with van der Waals surface area (Å²) in [5.41, 5.74) is 2.78. The molecule has 2 atom stereocenters. The molecule has 1 aliphatic heterocycles. The molecule has 144 valence electrons. The largest absolute Gasteiger partial charge is 0.497 e. The van der Waals surface area contributed by atoms with E-state index < -0.39 is 0 Å². The second-order valence-corrected chi connectivity index (χ2v) is 8.73. The lowest BCUT2D eigenvalue weighted by Crippen LogP contribution is -2.58. The number of nitrogens with zero attached hydrogens (tertiary/aromatic N) is 2. The molecule has 1 aliphatic carbocycles. The number of quaternary nitrogens is 1. The highest BCUT2D eigenvalue weighted by Crippen LogP contribution is 2.45. The summed E-state index contributed by atoms with van der Waals surface area (Å²) in [5.74, 6) is 2.53. The molecule has 4 rings (SSSR count). The van der Waals surface area contributed by atoms with E-state index in [-0.39, 0.29) is 0 Å². The van der Waals surface area contributed by atoms with Gasteiger partial charge in [0.25, 0.3) is 0 Å². The Labute approximate surface area is 170 Å². The molecule has 27 heavy (non-hydrogen) atoms. The third-order valence-corrected chi connectivity index (χ3v) is 6.94. The van der Waals surface area contributed by atoms with E-state index in [9.17, 15) is 0 Å². The molecule has 0 amide bonds. The molecule has 4 nitrogen and oxygen atoms in total. The highest BCUT2D eigenvalue weighted by atomic mass is 79.9. The van der Waals surface area contributed by atoms with Crippen LogP contribution in [0.15, 0.2) is 46.9 Å². The minimum atomic E-state index is 0.681. The van der Waals surface area contributed by atoms with Crippen LogP contribution in [0.1, 0.15) is 17.9 Å². The second kappa shape index (κ2) is 7.46. The fraction of sp³-hybridized carbons (Fsp3) is 0.455. The fourth-order valence-corrected chi connectivity index (χ4v) is 4.70. The van der Waals surface area contributed by atoms with Gasteiger partial charge in [-0.2, -0.15) is 0 Å². The van der Waals surface area contributed by atoms with E-state index in [4.69, 9.17) is 9.47 Å². The van der Waals surface area contributed by atoms with E-state index in [0.29, 0.717) is 12.0 Å². The van der Waals surface area contributed by atoms with Crippen LogP contribution in [0.2, 0.25) is 0 Å². The molecule has 1 heterocycles. The van der Waals surface area contributed by atoms with Crippen molar-refractivity contribution in [2.75, 3.05) is 47.4 Å². The van der Waals surface area contributed by atoms with Crippen LogP contribution >= 0.6 is 15.9 Å². The molecule has 2 fully saturated rings. The smallest absolute Gasteiger partial charge is 0.138 e. The van der Waals surface area contributed by atoms with Crippen molar-refractivity contribution >= 4 is 21.6 Å². The number of ether oxygens (including phenoxy) is 2. The van der Waals surface area contributed by atoms with Crippen LogP contribution in [0.3, 0.4) is 0 Å². The first kappa shape index (κ1) is 18.8. The molecule has 0 aromatic heterocycles. The fourth-order valence-electron chi connectivity index (χ4n) is 4.29. The Bertz CT molecular complexity index is 800. The van der Waals surface area contributed by atoms with Gasteiger partial charge in [0.15, 0.2) is 0 Å². The van der Waals surface area contributed by atoms with Crippen LogP contribution in [-0.4, -0.2) is 58.4 Å². The quantitative estimate of drug-likeness (QED) is 0.659. The van der Waals surface area contributed by atoms with Crippen molar-refractivity contribution in [1.82, 2.24) is 9.38 Å². The van der Waals surface area contributed by atoms with Gasteiger partial charge in [0.1, 0.15) is 17.2 Å². The predicted molar refractivity (Wildman–Crippen MR) is 114 cm³/mol. The molecular weight excluding hydrogens is 404 g/mol. The van der Waals surface area contributed by atoms with E-state index in [2.05, 4.69) is 70.3 Å². The number of rotatable bonds is 5. The summed E-state index contributed by atoms with van der Waals surface area (Å²) >= 11 is 3.56. The van der Waals surface area contributed by atoms with Crippen LogP contribution in [0.4, 0.5) is 5.69 Å². The van der Waals surface area contributed by atoms with Gasteiger partial charge in [-0.25, -0.2) is 0 Å². The van der Waals surface area contributed by atoms with E-state index in [1.165, 1.54) is 17.7 Å². The second-order valence-electron chi connectivity index (χ2n) is 7.88. The van der Waals surface area contributed by atoms with Gasteiger partial charge in [0.05, 0.1) is 38.8 Å². The third kappa shape index (κ3) is 3.73. The minimum Gasteiger partial charge on any atom is -0.497 e. The zero-order chi connectivity index (χ0) is 19.0. The molecule has 0 bridgehead atoms. The number of methoxy groups -OCH3 is 2. The predicted octanol–water partition coefficient (Wildman–Crippen LogP) is 4.28. The van der Waals surface area contributed by atoms with E-state index in [0.717, 1.165) is 46.6 Å². The normalized spacial score (nSPS) is 24.4. The first-order chi connectivity index (χ1) is 13.0. The Kier molecular flexibility index (Phi) is 5.19. The number of halogens is 1. The van der Waals surface area contributed by atoms with E-state index in [1.54, 1.807) is 14.2 Å². The van der Waals surface area contributed by atoms with Crippen LogP contribution in [0.25, 0.3) is 0 Å². The standard InChI is InChI=1S/C22H28BrN2O2/c1-25(17-6-9-20(23)22(14-17)27-3)12-10-24(11-13-25)21-15-19(21)16-4-7-18(26-2)8-5-16/h4-9,14,19,21H,10-13,15H2,1-3H3/q+1/t19-,21+/m0/s1. The number of hydrogen-bond acceptors (Lipinski definition) is 3. The van der Waals surface area contributed by atoms with Gasteiger partial charge in [0, 0.05) is 37.2 Å². The molecule has 5 heteroatoms. The maximum atomic E-state index is 5.49. The highest BCUT2D eigenvalue weighted by Gasteiger charge is 2.45. The van der Waals surface area contributed by atoms with Crippen molar-refractivity contribution in [3.8, 4) is 11.5 Å². The monoisotopic (exact) mass is 431 g/mol. The van der Waals surface area contributed by atoms with Crippen LogP contribution in [0, 0.1) is 0 Å². The maximum absolute atomic E-state index is 5.49. The summed E-state index contributed by atoms with van der Waals surface area (Å²) in [4.78, 5) is 2.69. The Morgan fingerprint density at radius 2 is 1.70 bits per heavy atom. The molecule has 1 saturated heterocycles. The average Bonchev–Trinajstić information content (AvgIpc) is 3.49. The van der Waals surface area contributed by atoms with E-state index >= 15 is 0 Å². The number of likely N-dealkylation sites (N-methyl/N-ethyl adjacent to an activating group) is 1. The minimum absolute atomic E-state index is 0.681. The lowest BCUT2D eigenvalue weighted by molar-refractivity contribution is 0.147. The van der Waals surface area contributed by atoms with Crippen molar-refractivity contribution < 1.29 is 9.47 Å². The molecule has 2 aromatic carbocycles. The van der Waals surface area contributed by atoms with Crippen LogP contribution in [-0.2, 0) is 0 Å². The van der Waals surface area contributed by atoms with Crippen molar-refractivity contribution in [1.29, 1.82) is 0 Å². The number of piperazine rings is 1. The molecule has 2 aromatic rings. The highest BCUT2D eigenvalue weighted by molar-refractivity contribution is 9.10. The van der Waals surface area contributed by atoms with E-state index in [1.807, 2.05) is 0 Å². The number of benzene rings is 2. The summed E-state index contributed by atoms with van der Waals surface area (Å²) in [7, 11) is 5.79. The summed E-state index contributed by atoms with van der Waals surface area (Å²) in [6.07, 6.45) is 1.28. The lowest BCUT2D eigenvalue weighted by atomic mass is 10.1. The molecule has 0 N–H and O–H groups in total. The number of hydrogen-bond donors (Lipinski definition) is 0. The molecule has 0 unspecified atom stereocenters. The molecule has 1 saturated carbocycles. The Morgan fingerprint density at radius 3 is 2.33 bits per heavy atom. The summed E-state index contributed by atoms with van der Waals surface area (Å²) < 4.78 is 12.8. The third-order valence-electron chi connectivity index (χ3n) is 6.29. The van der Waals surface area contributed by atoms with Gasteiger partial charge in [-0.3, -0.25) is 9.38 Å². The lowest BCUT2D eigenvalue weighted by Gasteiger charge is -2.42. The molecule has 2 aliphatic rings. The van der Waals surface area contributed by atoms with Crippen molar-refractivity contribution in [2.45, 2.75) is 18.4 Å². The molecule has 0 radical (unpaired) electrons. The first-order valence-electron chi connectivity index (χ1n) is 9.61. The maximum Gasteiger partial charge on any atom is 0.138 e. The zero-order valence-corrected chi connectivity index (χ0v) is 17.9. The van der Waals surface area contributed by atoms with Crippen molar-refractivity contribution in [3.05, 3.63) is 52.5 Å². The summed E-state index contributed by atoms with van der Waals surface area (Å²) in [6, 6.07) is 15.8. The Morgan fingerprint density at radius 1 is 1.00 bits per heavy atom. The van der Waals surface area contributed by atoms with Crippen LogP contribution < -0.4 is 14.0 Å². The van der Waals surface area contributed by atoms with Gasteiger partial charge >= 0.3 is 0 Å². The first-order valence-corrected chi connectivity index (χ1v) is 10.4. The van der Waals surface area contributed by atoms with Gasteiger partial charge in [-0.05, 0) is 46.1 Å². The van der Waals surface area contributed by atoms with Crippen molar-refractivity contribution in [3.63, 3.8) is 0 Å². The topological polar surface area (TPSA) is 21.7 Å². The van der Waals surface area contributed by atoms with Crippen LogP contribution in [0.5, 0.6) is 11.5 Å². The zero-order valence-electron chi connectivity index (χ0n) is 16.3. The summed E-state index contributed by atoms with van der Waals surface area (Å²) in [5, 5.41) is 0. The van der Waals surface area contributed by atoms with Gasteiger partial charge < -0.3 is 9.47 Å². The van der Waals surface area contributed by atoms with Crippen molar-refractivity contribution in [2.24, 2.45) is 0 Å².